The zero-order valence-corrected chi connectivity index (χ0v) is 15.9. The number of para-hydroxylation sites is 1. The number of benzene rings is 2. The summed E-state index contributed by atoms with van der Waals surface area (Å²) in [6.45, 7) is 0.533. The first-order chi connectivity index (χ1) is 12.5. The van der Waals surface area contributed by atoms with Gasteiger partial charge >= 0.3 is 0 Å². The monoisotopic (exact) mass is 389 g/mol. The Morgan fingerprint density at radius 3 is 2.54 bits per heavy atom. The molecule has 0 bridgehead atoms. The van der Waals surface area contributed by atoms with Crippen LogP contribution in [0.2, 0.25) is 0 Å². The van der Waals surface area contributed by atoms with Gasteiger partial charge in [0, 0.05) is 18.5 Å². The van der Waals surface area contributed by atoms with E-state index in [2.05, 4.69) is 21.1 Å². The summed E-state index contributed by atoms with van der Waals surface area (Å²) in [5.41, 5.74) is 1.44. The molecule has 136 valence electrons. The molecule has 0 aliphatic heterocycles. The predicted octanol–water partition coefficient (Wildman–Crippen LogP) is 2.57. The van der Waals surface area contributed by atoms with Crippen molar-refractivity contribution in [2.45, 2.75) is 17.7 Å². The number of hydrogen-bond acceptors (Lipinski definition) is 5. The number of thiazole rings is 1. The molecule has 0 unspecified atom stereocenters. The second-order valence-corrected chi connectivity index (χ2v) is 8.67. The van der Waals surface area contributed by atoms with E-state index in [4.69, 9.17) is 0 Å². The predicted molar refractivity (Wildman–Crippen MR) is 103 cm³/mol. The van der Waals surface area contributed by atoms with Crippen molar-refractivity contribution in [3.8, 4) is 0 Å². The lowest BCUT2D eigenvalue weighted by Crippen LogP contribution is -2.25. The van der Waals surface area contributed by atoms with Crippen LogP contribution in [0.3, 0.4) is 0 Å². The fraction of sp³-hybridized carbons (Fsp3) is 0.222. The lowest BCUT2D eigenvalue weighted by molar-refractivity contribution is 0.0953. The summed E-state index contributed by atoms with van der Waals surface area (Å²) in [6, 6.07) is 13.9. The maximum atomic E-state index is 12.1. The van der Waals surface area contributed by atoms with Crippen LogP contribution in [0.15, 0.2) is 53.4 Å². The summed E-state index contributed by atoms with van der Waals surface area (Å²) in [7, 11) is -2.14. The highest BCUT2D eigenvalue weighted by atomic mass is 32.2. The van der Waals surface area contributed by atoms with Crippen molar-refractivity contribution < 1.29 is 13.2 Å². The summed E-state index contributed by atoms with van der Waals surface area (Å²) in [5.74, 6) is -0.220. The molecule has 0 aliphatic rings. The van der Waals surface area contributed by atoms with Crippen LogP contribution in [0.1, 0.15) is 21.8 Å². The molecule has 3 aromatic rings. The smallest absolute Gasteiger partial charge is 0.251 e. The number of hydrogen-bond donors (Lipinski definition) is 2. The second kappa shape index (κ2) is 7.94. The molecule has 0 spiro atoms. The Labute approximate surface area is 156 Å². The molecule has 2 aromatic carbocycles. The van der Waals surface area contributed by atoms with Gasteiger partial charge in [0.1, 0.15) is 0 Å². The first kappa shape index (κ1) is 18.5. The number of fused-ring (bicyclic) bond motifs is 1. The molecular weight excluding hydrogens is 370 g/mol. The van der Waals surface area contributed by atoms with Gasteiger partial charge in [0.2, 0.25) is 10.0 Å². The Balaban J connectivity index is 1.51. The van der Waals surface area contributed by atoms with Crippen molar-refractivity contribution in [1.82, 2.24) is 15.0 Å². The fourth-order valence-electron chi connectivity index (χ4n) is 2.47. The third-order valence-corrected chi connectivity index (χ3v) is 6.41. The van der Waals surface area contributed by atoms with Crippen LogP contribution in [0.4, 0.5) is 0 Å². The summed E-state index contributed by atoms with van der Waals surface area (Å²) < 4.78 is 26.8. The number of amides is 1. The highest BCUT2D eigenvalue weighted by Crippen LogP contribution is 2.22. The van der Waals surface area contributed by atoms with Crippen molar-refractivity contribution in [2.75, 3.05) is 13.6 Å². The fourth-order valence-corrected chi connectivity index (χ4v) is 4.21. The van der Waals surface area contributed by atoms with E-state index in [1.807, 2.05) is 18.2 Å². The first-order valence-corrected chi connectivity index (χ1v) is 10.5. The Hall–Kier alpha value is -2.29. The number of rotatable bonds is 7. The molecule has 2 N–H and O–H groups in total. The Morgan fingerprint density at radius 1 is 1.12 bits per heavy atom. The maximum Gasteiger partial charge on any atom is 0.251 e. The Morgan fingerprint density at radius 2 is 1.85 bits per heavy atom. The van der Waals surface area contributed by atoms with E-state index in [1.54, 1.807) is 11.3 Å². The van der Waals surface area contributed by atoms with Crippen molar-refractivity contribution in [1.29, 1.82) is 0 Å². The largest absolute Gasteiger partial charge is 0.352 e. The molecule has 0 atom stereocenters. The number of nitrogens with zero attached hydrogens (tertiary/aromatic N) is 1. The Kier molecular flexibility index (Phi) is 5.65. The lowest BCUT2D eigenvalue weighted by atomic mass is 10.2. The number of aryl methyl sites for hydroxylation is 1. The van der Waals surface area contributed by atoms with Gasteiger partial charge in [-0.2, -0.15) is 0 Å². The molecule has 3 rings (SSSR count). The van der Waals surface area contributed by atoms with Crippen molar-refractivity contribution in [2.24, 2.45) is 0 Å². The van der Waals surface area contributed by atoms with Gasteiger partial charge in [-0.3, -0.25) is 4.79 Å². The summed E-state index contributed by atoms with van der Waals surface area (Å²) in [5, 5.41) is 3.91. The molecule has 1 aromatic heterocycles. The number of nitrogens with one attached hydrogen (secondary N) is 2. The molecule has 0 aliphatic carbocycles. The van der Waals surface area contributed by atoms with Gasteiger partial charge in [0.25, 0.3) is 5.91 Å². The topological polar surface area (TPSA) is 88.2 Å². The van der Waals surface area contributed by atoms with Crippen molar-refractivity contribution in [3.63, 3.8) is 0 Å². The third kappa shape index (κ3) is 4.27. The molecular formula is C18H19N3O3S2. The van der Waals surface area contributed by atoms with Crippen LogP contribution in [0, 0.1) is 0 Å². The Bertz CT molecular complexity index is 979. The SMILES string of the molecule is CNS(=O)(=O)c1ccc(C(=O)NCCCc2nc3ccccc3s2)cc1. The van der Waals surface area contributed by atoms with E-state index in [0.29, 0.717) is 12.1 Å². The van der Waals surface area contributed by atoms with Crippen LogP contribution in [-0.4, -0.2) is 32.9 Å². The van der Waals surface area contributed by atoms with Crippen LogP contribution in [-0.2, 0) is 16.4 Å². The van der Waals surface area contributed by atoms with E-state index < -0.39 is 10.0 Å². The molecule has 6 nitrogen and oxygen atoms in total. The normalized spacial score (nSPS) is 11.6. The summed E-state index contributed by atoms with van der Waals surface area (Å²) >= 11 is 1.67. The van der Waals surface area contributed by atoms with Gasteiger partial charge in [-0.05, 0) is 49.9 Å². The third-order valence-electron chi connectivity index (χ3n) is 3.89. The zero-order valence-electron chi connectivity index (χ0n) is 14.2. The summed E-state index contributed by atoms with van der Waals surface area (Å²) in [4.78, 5) is 16.8. The lowest BCUT2D eigenvalue weighted by Gasteiger charge is -2.06. The molecule has 8 heteroatoms. The van der Waals surface area contributed by atoms with Crippen molar-refractivity contribution in [3.05, 3.63) is 59.1 Å². The molecule has 0 radical (unpaired) electrons. The van der Waals surface area contributed by atoms with E-state index in [0.717, 1.165) is 23.4 Å². The maximum absolute atomic E-state index is 12.1. The molecule has 26 heavy (non-hydrogen) atoms. The number of carbonyl (C=O) groups excluding carboxylic acids is 1. The van der Waals surface area contributed by atoms with Crippen LogP contribution >= 0.6 is 11.3 Å². The quantitative estimate of drug-likeness (QED) is 0.608. The van der Waals surface area contributed by atoms with Gasteiger partial charge in [0.15, 0.2) is 0 Å². The first-order valence-electron chi connectivity index (χ1n) is 8.16. The standard InChI is InChI=1S/C18H19N3O3S2/c1-19-26(23,24)14-10-8-13(9-11-14)18(22)20-12-4-7-17-21-15-5-2-3-6-16(15)25-17/h2-3,5-6,8-11,19H,4,7,12H2,1H3,(H,20,22). The minimum absolute atomic E-state index is 0.132. The summed E-state index contributed by atoms with van der Waals surface area (Å²) in [6.07, 6.45) is 1.59. The van der Waals surface area contributed by atoms with Gasteiger partial charge in [-0.25, -0.2) is 18.1 Å². The zero-order chi connectivity index (χ0) is 18.6. The van der Waals surface area contributed by atoms with Gasteiger partial charge in [-0.15, -0.1) is 11.3 Å². The number of carbonyl (C=O) groups is 1. The molecule has 0 saturated carbocycles. The van der Waals surface area contributed by atoms with Crippen LogP contribution in [0.25, 0.3) is 10.2 Å². The van der Waals surface area contributed by atoms with Gasteiger partial charge in [0.05, 0.1) is 20.1 Å². The molecule has 1 amide bonds. The molecule has 0 saturated heterocycles. The molecule has 1 heterocycles. The molecule has 0 fully saturated rings. The highest BCUT2D eigenvalue weighted by molar-refractivity contribution is 7.89. The van der Waals surface area contributed by atoms with Gasteiger partial charge < -0.3 is 5.32 Å². The average Bonchev–Trinajstić information content (AvgIpc) is 3.08. The average molecular weight is 390 g/mol. The van der Waals surface area contributed by atoms with Crippen LogP contribution in [0.5, 0.6) is 0 Å². The van der Waals surface area contributed by atoms with E-state index in [1.165, 1.54) is 36.0 Å². The van der Waals surface area contributed by atoms with E-state index >= 15 is 0 Å². The minimum atomic E-state index is -3.49. The van der Waals surface area contributed by atoms with Crippen LogP contribution < -0.4 is 10.0 Å². The number of aromatic nitrogens is 1. The highest BCUT2D eigenvalue weighted by Gasteiger charge is 2.12. The second-order valence-electron chi connectivity index (χ2n) is 5.67. The minimum Gasteiger partial charge on any atom is -0.352 e. The van der Waals surface area contributed by atoms with Gasteiger partial charge in [-0.1, -0.05) is 12.1 Å². The number of sulfonamides is 1. The van der Waals surface area contributed by atoms with E-state index in [9.17, 15) is 13.2 Å². The van der Waals surface area contributed by atoms with Crippen molar-refractivity contribution >= 4 is 37.5 Å². The van der Waals surface area contributed by atoms with E-state index in [-0.39, 0.29) is 10.8 Å².